The number of nitrogens with zero attached hydrogens (tertiary/aromatic N) is 2. The lowest BCUT2D eigenvalue weighted by Gasteiger charge is -2.35. The van der Waals surface area contributed by atoms with E-state index < -0.39 is 0 Å². The molecule has 3 aliphatic rings. The third-order valence-corrected chi connectivity index (χ3v) is 10.8. The molecule has 7 heteroatoms. The second-order valence-corrected chi connectivity index (χ2v) is 14.3. The number of Topliss-reactive ketones (excluding diaryl/α,β-unsaturated/α-hetero) is 1. The van der Waals surface area contributed by atoms with E-state index in [-0.39, 0.29) is 16.9 Å². The van der Waals surface area contributed by atoms with Crippen LogP contribution >= 0.6 is 0 Å². The number of ketones is 1. The van der Waals surface area contributed by atoms with Gasteiger partial charge in [0.1, 0.15) is 5.78 Å². The fourth-order valence-corrected chi connectivity index (χ4v) is 7.88. The smallest absolute Gasteiger partial charge is 0.251 e. The molecule has 0 bridgehead atoms. The normalized spacial score (nSPS) is 18.6. The highest BCUT2D eigenvalue weighted by Gasteiger charge is 2.40. The number of ether oxygens (including phenoxy) is 2. The number of carbonyl (C=O) groups excluding carboxylic acids is 1. The van der Waals surface area contributed by atoms with Crippen molar-refractivity contribution in [3.63, 3.8) is 0 Å². The van der Waals surface area contributed by atoms with Crippen LogP contribution in [0.25, 0.3) is 21.8 Å². The monoisotopic (exact) mass is 638 g/mol. The molecule has 0 radical (unpaired) electrons. The molecular formula is C40H50N2O5. The van der Waals surface area contributed by atoms with E-state index in [4.69, 9.17) is 9.47 Å². The molecule has 0 atom stereocenters. The summed E-state index contributed by atoms with van der Waals surface area (Å²) in [4.78, 5) is 36.3. The Kier molecular flexibility index (Phi) is 10.1. The van der Waals surface area contributed by atoms with Gasteiger partial charge in [0, 0.05) is 61.7 Å². The summed E-state index contributed by atoms with van der Waals surface area (Å²) in [6.45, 7) is 11.2. The van der Waals surface area contributed by atoms with E-state index in [9.17, 15) is 14.4 Å². The van der Waals surface area contributed by atoms with Crippen molar-refractivity contribution in [3.05, 3.63) is 91.5 Å². The topological polar surface area (TPSA) is 79.5 Å². The molecule has 0 amide bonds. The van der Waals surface area contributed by atoms with Gasteiger partial charge < -0.3 is 18.6 Å². The van der Waals surface area contributed by atoms with E-state index in [1.165, 1.54) is 16.5 Å². The van der Waals surface area contributed by atoms with E-state index >= 15 is 0 Å². The van der Waals surface area contributed by atoms with Gasteiger partial charge in [0.2, 0.25) is 0 Å². The zero-order valence-electron chi connectivity index (χ0n) is 28.6. The van der Waals surface area contributed by atoms with E-state index in [2.05, 4.69) is 50.2 Å². The molecule has 250 valence electrons. The molecule has 3 heterocycles. The van der Waals surface area contributed by atoms with E-state index in [0.29, 0.717) is 30.5 Å². The Balaban J connectivity index is 0.000000166. The molecule has 0 N–H and O–H groups in total. The van der Waals surface area contributed by atoms with Crippen LogP contribution in [0.4, 0.5) is 0 Å². The number of rotatable bonds is 6. The molecule has 2 aliphatic carbocycles. The van der Waals surface area contributed by atoms with Gasteiger partial charge in [-0.1, -0.05) is 24.3 Å². The Labute approximate surface area is 277 Å². The van der Waals surface area contributed by atoms with Crippen LogP contribution in [0.2, 0.25) is 0 Å². The second kappa shape index (κ2) is 14.3. The molecule has 1 spiro atoms. The maximum absolute atomic E-state index is 12.6. The highest BCUT2D eigenvalue weighted by atomic mass is 16.7. The van der Waals surface area contributed by atoms with Crippen LogP contribution in [0.5, 0.6) is 0 Å². The van der Waals surface area contributed by atoms with Crippen LogP contribution in [0.1, 0.15) is 86.5 Å². The van der Waals surface area contributed by atoms with E-state index in [1.54, 1.807) is 12.1 Å². The van der Waals surface area contributed by atoms with Gasteiger partial charge in [-0.25, -0.2) is 0 Å². The summed E-state index contributed by atoms with van der Waals surface area (Å²) in [5, 5.41) is 2.34. The van der Waals surface area contributed by atoms with Crippen molar-refractivity contribution in [2.75, 3.05) is 13.2 Å². The van der Waals surface area contributed by atoms with Crippen molar-refractivity contribution < 1.29 is 14.3 Å². The number of hydrogen-bond acceptors (Lipinski definition) is 5. The maximum Gasteiger partial charge on any atom is 0.251 e. The van der Waals surface area contributed by atoms with Crippen molar-refractivity contribution in [3.8, 4) is 0 Å². The van der Waals surface area contributed by atoms with Crippen LogP contribution in [0.15, 0.2) is 58.1 Å². The summed E-state index contributed by atoms with van der Waals surface area (Å²) in [5.74, 6) is 1.32. The molecule has 3 fully saturated rings. The summed E-state index contributed by atoms with van der Waals surface area (Å²) < 4.78 is 15.5. The van der Waals surface area contributed by atoms with E-state index in [1.807, 2.05) is 23.0 Å². The lowest BCUT2D eigenvalue weighted by Crippen LogP contribution is -2.35. The Hall–Kier alpha value is -3.55. The number of benzene rings is 2. The Morgan fingerprint density at radius 3 is 1.55 bits per heavy atom. The van der Waals surface area contributed by atoms with Crippen LogP contribution in [-0.2, 0) is 27.4 Å². The second-order valence-electron chi connectivity index (χ2n) is 14.3. The van der Waals surface area contributed by atoms with E-state index in [0.717, 1.165) is 105 Å². The first-order valence-corrected chi connectivity index (χ1v) is 17.6. The zero-order valence-corrected chi connectivity index (χ0v) is 28.6. The highest BCUT2D eigenvalue weighted by Crippen LogP contribution is 2.39. The lowest BCUT2D eigenvalue weighted by atomic mass is 9.83. The molecule has 2 aromatic heterocycles. The van der Waals surface area contributed by atoms with Crippen molar-refractivity contribution in [1.82, 2.24) is 9.13 Å². The minimum atomic E-state index is -0.291. The van der Waals surface area contributed by atoms with Crippen molar-refractivity contribution in [1.29, 1.82) is 0 Å². The first-order valence-electron chi connectivity index (χ1n) is 17.6. The Bertz CT molecular complexity index is 1860. The SMILES string of the molecule is Cc1ccc2c(C)cc(=O)n(CCC3CCC(=O)CC3)c2c1.Cc1ccc2c(C)cc(=O)n(CCC3CCC4(CC3)OCCO4)c2c1. The van der Waals surface area contributed by atoms with Crippen LogP contribution < -0.4 is 11.1 Å². The average molecular weight is 639 g/mol. The van der Waals surface area contributed by atoms with Gasteiger partial charge in [-0.2, -0.15) is 0 Å². The molecule has 2 aromatic carbocycles. The molecule has 1 saturated heterocycles. The first kappa shape index (κ1) is 33.4. The molecule has 0 unspecified atom stereocenters. The number of aryl methyl sites for hydroxylation is 6. The maximum atomic E-state index is 12.6. The van der Waals surface area contributed by atoms with Crippen LogP contribution in [0, 0.1) is 39.5 Å². The summed E-state index contributed by atoms with van der Waals surface area (Å²) in [7, 11) is 0. The predicted molar refractivity (Wildman–Crippen MR) is 188 cm³/mol. The largest absolute Gasteiger partial charge is 0.348 e. The number of aromatic nitrogens is 2. The first-order chi connectivity index (χ1) is 22.6. The molecule has 7 nitrogen and oxygen atoms in total. The number of pyridine rings is 2. The summed E-state index contributed by atoms with van der Waals surface area (Å²) in [5.41, 5.74) is 6.78. The Morgan fingerprint density at radius 1 is 0.638 bits per heavy atom. The van der Waals surface area contributed by atoms with Gasteiger partial charge in [0.15, 0.2) is 5.79 Å². The quantitative estimate of drug-likeness (QED) is 0.216. The van der Waals surface area contributed by atoms with Gasteiger partial charge in [0.25, 0.3) is 11.1 Å². The summed E-state index contributed by atoms with van der Waals surface area (Å²) >= 11 is 0. The third kappa shape index (κ3) is 7.62. The van der Waals surface area contributed by atoms with Gasteiger partial charge in [-0.05, 0) is 112 Å². The fraction of sp³-hybridized carbons (Fsp3) is 0.525. The molecule has 7 rings (SSSR count). The van der Waals surface area contributed by atoms with Gasteiger partial charge in [0.05, 0.1) is 24.2 Å². The number of fused-ring (bicyclic) bond motifs is 2. The molecule has 4 aromatic rings. The van der Waals surface area contributed by atoms with Crippen molar-refractivity contribution in [2.45, 2.75) is 111 Å². The Morgan fingerprint density at radius 2 is 1.09 bits per heavy atom. The average Bonchev–Trinajstić information content (AvgIpc) is 3.50. The molecule has 47 heavy (non-hydrogen) atoms. The highest BCUT2D eigenvalue weighted by molar-refractivity contribution is 5.84. The fourth-order valence-electron chi connectivity index (χ4n) is 7.88. The van der Waals surface area contributed by atoms with Gasteiger partial charge in [-0.3, -0.25) is 14.4 Å². The van der Waals surface area contributed by atoms with Crippen LogP contribution in [0.3, 0.4) is 0 Å². The minimum Gasteiger partial charge on any atom is -0.348 e. The van der Waals surface area contributed by atoms with Crippen molar-refractivity contribution in [2.24, 2.45) is 11.8 Å². The zero-order chi connectivity index (χ0) is 33.1. The molecule has 1 aliphatic heterocycles. The third-order valence-electron chi connectivity index (χ3n) is 10.8. The molecule has 2 saturated carbocycles. The minimum absolute atomic E-state index is 0.0856. The molecular weight excluding hydrogens is 588 g/mol. The standard InChI is InChI=1S/C21H27NO3.C19H23NO2/c1-15-3-4-18-16(2)14-20(23)22(19(18)13-15)10-7-17-5-8-21(9-6-17)24-11-12-25-21;1-13-3-8-17-14(2)12-19(22)20(18(17)11-13)10-9-15-4-6-16(21)7-5-15/h3-4,13-14,17H,5-12H2,1-2H3;3,8,11-12,15H,4-7,9-10H2,1-2H3. The number of carbonyl (C=O) groups is 1. The predicted octanol–water partition coefficient (Wildman–Crippen LogP) is 7.71. The van der Waals surface area contributed by atoms with Gasteiger partial charge in [-0.15, -0.1) is 0 Å². The lowest BCUT2D eigenvalue weighted by molar-refractivity contribution is -0.182. The van der Waals surface area contributed by atoms with Crippen LogP contribution in [-0.4, -0.2) is 33.9 Å². The number of hydrogen-bond donors (Lipinski definition) is 0. The summed E-state index contributed by atoms with van der Waals surface area (Å²) in [6.07, 6.45) is 9.64. The summed E-state index contributed by atoms with van der Waals surface area (Å²) in [6, 6.07) is 16.2. The van der Waals surface area contributed by atoms with Gasteiger partial charge >= 0.3 is 0 Å². The van der Waals surface area contributed by atoms with Crippen molar-refractivity contribution >= 4 is 27.6 Å².